The Morgan fingerprint density at radius 2 is 1.75 bits per heavy atom. The Morgan fingerprint density at radius 1 is 1.25 bits per heavy atom. The third-order valence-corrected chi connectivity index (χ3v) is 3.77. The summed E-state index contributed by atoms with van der Waals surface area (Å²) in [5, 5.41) is -0.729. The second kappa shape index (κ2) is 6.18. The Hall–Kier alpha value is -0.650. The van der Waals surface area contributed by atoms with E-state index in [-0.39, 0.29) is 0 Å². The first-order chi connectivity index (χ1) is 7.20. The molecule has 0 aliphatic heterocycles. The molecular formula is C11H21NO3S. The molecule has 94 valence electrons. The Kier molecular flexibility index (Phi) is 5.92. The summed E-state index contributed by atoms with van der Waals surface area (Å²) in [6, 6.07) is 0. The van der Waals surface area contributed by atoms with Gasteiger partial charge in [0.2, 0.25) is 0 Å². The summed E-state index contributed by atoms with van der Waals surface area (Å²) < 4.78 is 26.7. The number of rotatable bonds is 5. The van der Waals surface area contributed by atoms with Gasteiger partial charge >= 0.3 is 0 Å². The first-order valence-corrected chi connectivity index (χ1v) is 6.66. The lowest BCUT2D eigenvalue weighted by Gasteiger charge is -2.11. The van der Waals surface area contributed by atoms with E-state index in [1.54, 1.807) is 13.8 Å². The van der Waals surface area contributed by atoms with E-state index in [0.29, 0.717) is 11.5 Å². The molecule has 0 amide bonds. The zero-order chi connectivity index (χ0) is 12.9. The lowest BCUT2D eigenvalue weighted by molar-refractivity contribution is 0.329. The van der Waals surface area contributed by atoms with Gasteiger partial charge < -0.3 is 0 Å². The molecule has 16 heavy (non-hydrogen) atoms. The summed E-state index contributed by atoms with van der Waals surface area (Å²) in [6.07, 6.45) is 3.90. The summed E-state index contributed by atoms with van der Waals surface area (Å²) in [5.41, 5.74) is 1.74. The molecule has 0 saturated heterocycles. The molecule has 4 nitrogen and oxygen atoms in total. The van der Waals surface area contributed by atoms with Crippen LogP contribution >= 0.6 is 0 Å². The van der Waals surface area contributed by atoms with Crippen molar-refractivity contribution in [3.63, 3.8) is 0 Å². The molecule has 0 spiro atoms. The lowest BCUT2D eigenvalue weighted by atomic mass is 10.1. The van der Waals surface area contributed by atoms with Gasteiger partial charge in [0.05, 0.1) is 0 Å². The third-order valence-electron chi connectivity index (χ3n) is 2.26. The average molecular weight is 247 g/mol. The highest BCUT2D eigenvalue weighted by Crippen LogP contribution is 2.15. The van der Waals surface area contributed by atoms with Gasteiger partial charge in [-0.15, -0.1) is 0 Å². The molecular weight excluding hydrogens is 226 g/mol. The van der Waals surface area contributed by atoms with Crippen molar-refractivity contribution in [2.75, 3.05) is 0 Å². The monoisotopic (exact) mass is 247 g/mol. The maximum atomic E-state index is 11.3. The summed E-state index contributed by atoms with van der Waals surface area (Å²) in [5.74, 6) is 5.16. The Labute approximate surface area is 98.3 Å². The molecule has 0 radical (unpaired) electrons. The van der Waals surface area contributed by atoms with Crippen LogP contribution in [-0.2, 0) is 14.4 Å². The highest BCUT2D eigenvalue weighted by molar-refractivity contribution is 7.87. The van der Waals surface area contributed by atoms with Crippen LogP contribution in [0.3, 0.4) is 0 Å². The van der Waals surface area contributed by atoms with E-state index in [9.17, 15) is 8.42 Å². The van der Waals surface area contributed by atoms with Gasteiger partial charge in [0.1, 0.15) is 5.25 Å². The van der Waals surface area contributed by atoms with Crippen molar-refractivity contribution in [1.29, 1.82) is 0 Å². The SMILES string of the molecule is CC(=C/C(C)C)/C=C(/C)C(C)S(=O)(=O)ON. The molecule has 2 N–H and O–H groups in total. The molecule has 0 aromatic rings. The van der Waals surface area contributed by atoms with Crippen LogP contribution in [0.15, 0.2) is 23.3 Å². The van der Waals surface area contributed by atoms with Gasteiger partial charge in [-0.3, -0.25) is 0 Å². The largest absolute Gasteiger partial charge is 0.289 e. The van der Waals surface area contributed by atoms with E-state index >= 15 is 0 Å². The fourth-order valence-electron chi connectivity index (χ4n) is 1.36. The molecule has 0 heterocycles. The van der Waals surface area contributed by atoms with E-state index < -0.39 is 15.4 Å². The van der Waals surface area contributed by atoms with Crippen LogP contribution in [0.25, 0.3) is 0 Å². The molecule has 0 bridgehead atoms. The van der Waals surface area contributed by atoms with E-state index in [0.717, 1.165) is 5.57 Å². The van der Waals surface area contributed by atoms with Gasteiger partial charge in [-0.25, -0.2) is 0 Å². The van der Waals surface area contributed by atoms with Crippen molar-refractivity contribution in [1.82, 2.24) is 0 Å². The van der Waals surface area contributed by atoms with Crippen molar-refractivity contribution < 1.29 is 12.7 Å². The van der Waals surface area contributed by atoms with E-state index in [2.05, 4.69) is 24.2 Å². The second-order valence-electron chi connectivity index (χ2n) is 4.27. The maximum Gasteiger partial charge on any atom is 0.289 e. The zero-order valence-corrected chi connectivity index (χ0v) is 11.3. The highest BCUT2D eigenvalue weighted by atomic mass is 32.2. The Bertz CT molecular complexity index is 380. The smallest absolute Gasteiger partial charge is 0.198 e. The predicted molar refractivity (Wildman–Crippen MR) is 66.0 cm³/mol. The summed E-state index contributed by atoms with van der Waals surface area (Å²) in [4.78, 5) is 0. The molecule has 0 fully saturated rings. The zero-order valence-electron chi connectivity index (χ0n) is 10.5. The lowest BCUT2D eigenvalue weighted by Crippen LogP contribution is -2.24. The molecule has 0 saturated carbocycles. The van der Waals surface area contributed by atoms with Gasteiger partial charge in [-0.2, -0.15) is 18.6 Å². The van der Waals surface area contributed by atoms with E-state index in [1.807, 2.05) is 13.0 Å². The maximum absolute atomic E-state index is 11.3. The summed E-state index contributed by atoms with van der Waals surface area (Å²) >= 11 is 0. The Morgan fingerprint density at radius 3 is 2.12 bits per heavy atom. The van der Waals surface area contributed by atoms with Crippen LogP contribution in [0.4, 0.5) is 0 Å². The topological polar surface area (TPSA) is 69.4 Å². The van der Waals surface area contributed by atoms with E-state index in [4.69, 9.17) is 5.90 Å². The minimum Gasteiger partial charge on any atom is -0.198 e. The first kappa shape index (κ1) is 15.3. The molecule has 0 aromatic carbocycles. The van der Waals surface area contributed by atoms with Crippen molar-refractivity contribution in [3.8, 4) is 0 Å². The number of nitrogens with two attached hydrogens (primary N) is 1. The van der Waals surface area contributed by atoms with Crippen LogP contribution in [0.5, 0.6) is 0 Å². The van der Waals surface area contributed by atoms with Gasteiger partial charge in [0, 0.05) is 0 Å². The van der Waals surface area contributed by atoms with Crippen LogP contribution in [0.2, 0.25) is 0 Å². The second-order valence-corrected chi connectivity index (χ2v) is 6.16. The Balaban J connectivity index is 4.94. The van der Waals surface area contributed by atoms with Gasteiger partial charge in [0.25, 0.3) is 10.1 Å². The first-order valence-electron chi connectivity index (χ1n) is 5.19. The molecule has 0 aromatic heterocycles. The van der Waals surface area contributed by atoms with E-state index in [1.165, 1.54) is 0 Å². The summed E-state index contributed by atoms with van der Waals surface area (Å²) in [6.45, 7) is 9.37. The van der Waals surface area contributed by atoms with Crippen LogP contribution in [0, 0.1) is 5.92 Å². The fourth-order valence-corrected chi connectivity index (χ4v) is 2.05. The molecule has 0 rings (SSSR count). The van der Waals surface area contributed by atoms with Crippen LogP contribution in [0.1, 0.15) is 34.6 Å². The quantitative estimate of drug-likeness (QED) is 0.597. The third kappa shape index (κ3) is 4.92. The minimum absolute atomic E-state index is 0.432. The molecule has 0 aliphatic carbocycles. The van der Waals surface area contributed by atoms with Crippen LogP contribution < -0.4 is 5.90 Å². The molecule has 1 unspecified atom stereocenters. The van der Waals surface area contributed by atoms with Gasteiger partial charge in [-0.1, -0.05) is 37.1 Å². The molecule has 5 heteroatoms. The van der Waals surface area contributed by atoms with Gasteiger partial charge in [0.15, 0.2) is 0 Å². The van der Waals surface area contributed by atoms with Crippen LogP contribution in [-0.4, -0.2) is 13.7 Å². The molecule has 0 aliphatic rings. The normalized spacial score (nSPS) is 16.7. The van der Waals surface area contributed by atoms with Crippen molar-refractivity contribution >= 4 is 10.1 Å². The summed E-state index contributed by atoms with van der Waals surface area (Å²) in [7, 11) is -3.69. The van der Waals surface area contributed by atoms with Crippen molar-refractivity contribution in [3.05, 3.63) is 23.3 Å². The number of allylic oxidation sites excluding steroid dienone is 3. The standard InChI is InChI=1S/C11H21NO3S/c1-8(2)6-9(3)7-10(4)11(5)16(13,14)15-12/h6-8,11H,12H2,1-5H3/b9-6-,10-7-. The highest BCUT2D eigenvalue weighted by Gasteiger charge is 2.22. The number of hydrogen-bond acceptors (Lipinski definition) is 4. The predicted octanol–water partition coefficient (Wildman–Crippen LogP) is 2.14. The van der Waals surface area contributed by atoms with Crippen molar-refractivity contribution in [2.24, 2.45) is 11.8 Å². The average Bonchev–Trinajstić information content (AvgIpc) is 2.14. The number of hydrogen-bond donors (Lipinski definition) is 1. The molecule has 1 atom stereocenters. The fraction of sp³-hybridized carbons (Fsp3) is 0.636. The van der Waals surface area contributed by atoms with Gasteiger partial charge in [-0.05, 0) is 26.7 Å². The minimum atomic E-state index is -3.69. The van der Waals surface area contributed by atoms with Crippen molar-refractivity contribution in [2.45, 2.75) is 39.9 Å².